The van der Waals surface area contributed by atoms with E-state index in [1.54, 1.807) is 0 Å². The largest absolute Gasteiger partial charge is 0.465 e. The molecule has 1 aromatic carbocycles. The van der Waals surface area contributed by atoms with Gasteiger partial charge in [-0.15, -0.1) is 5.92 Å². The predicted molar refractivity (Wildman–Crippen MR) is 113 cm³/mol. The van der Waals surface area contributed by atoms with Crippen LogP contribution in [0.15, 0.2) is 41.5 Å². The fourth-order valence-electron chi connectivity index (χ4n) is 4.35. The molecular weight excluding hydrogens is 435 g/mol. The van der Waals surface area contributed by atoms with Gasteiger partial charge in [0.1, 0.15) is 24.2 Å². The van der Waals surface area contributed by atoms with E-state index < -0.39 is 41.4 Å². The van der Waals surface area contributed by atoms with Crippen LogP contribution in [0.2, 0.25) is 0 Å². The van der Waals surface area contributed by atoms with Gasteiger partial charge in [0.05, 0.1) is 11.0 Å². The molecule has 10 heteroatoms. The maximum Gasteiger partial charge on any atom is 0.283 e. The van der Waals surface area contributed by atoms with Gasteiger partial charge >= 0.3 is 0 Å². The fraction of sp³-hybridized carbons (Fsp3) is 0.304. The van der Waals surface area contributed by atoms with Crippen molar-refractivity contribution in [2.75, 3.05) is 11.9 Å². The zero-order chi connectivity index (χ0) is 23.9. The number of halogens is 3. The quantitative estimate of drug-likeness (QED) is 0.693. The van der Waals surface area contributed by atoms with E-state index in [-0.39, 0.29) is 35.1 Å². The van der Waals surface area contributed by atoms with Crippen molar-refractivity contribution in [2.24, 2.45) is 16.1 Å². The third-order valence-corrected chi connectivity index (χ3v) is 5.78. The van der Waals surface area contributed by atoms with Crippen LogP contribution in [0.25, 0.3) is 0 Å². The highest BCUT2D eigenvalue weighted by atomic mass is 19.3. The number of alkyl halides is 2. The van der Waals surface area contributed by atoms with E-state index in [9.17, 15) is 13.6 Å². The summed E-state index contributed by atoms with van der Waals surface area (Å²) in [6, 6.07) is 8.15. The van der Waals surface area contributed by atoms with Crippen molar-refractivity contribution in [3.05, 3.63) is 59.2 Å². The van der Waals surface area contributed by atoms with Crippen LogP contribution >= 0.6 is 0 Å². The standard InChI is InChI=1S/C23H18F3N5O2/c1-2-7-23(21(11-22(25,26)12-21)13-33-20(28)31-23)16-8-15(4-5-17(16)24)30-19(32)18-6-3-14(9-27)10-29-18/h3-6,8,10H,11-13H2,1H3,(H2,28,31)(H,30,32)/t23-/m1/s1. The average Bonchev–Trinajstić information content (AvgIpc) is 2.76. The molecule has 1 saturated carbocycles. The van der Waals surface area contributed by atoms with Gasteiger partial charge in [-0.05, 0) is 37.3 Å². The van der Waals surface area contributed by atoms with Crippen LogP contribution in [0, 0.1) is 34.4 Å². The number of hydrogen-bond donors (Lipinski definition) is 2. The third-order valence-electron chi connectivity index (χ3n) is 5.78. The minimum Gasteiger partial charge on any atom is -0.465 e. The van der Waals surface area contributed by atoms with Crippen molar-refractivity contribution in [1.82, 2.24) is 4.98 Å². The first-order chi connectivity index (χ1) is 15.6. The number of nitrogens with two attached hydrogens (primary N) is 1. The maximum atomic E-state index is 15.1. The van der Waals surface area contributed by atoms with E-state index in [1.807, 2.05) is 6.07 Å². The molecule has 0 bridgehead atoms. The molecule has 0 unspecified atom stereocenters. The smallest absolute Gasteiger partial charge is 0.283 e. The number of aliphatic imine (C=N–C) groups is 1. The monoisotopic (exact) mass is 453 g/mol. The van der Waals surface area contributed by atoms with Gasteiger partial charge in [0.2, 0.25) is 5.92 Å². The number of ether oxygens (including phenoxy) is 1. The molecule has 2 aliphatic rings. The summed E-state index contributed by atoms with van der Waals surface area (Å²) in [4.78, 5) is 20.7. The molecule has 33 heavy (non-hydrogen) atoms. The van der Waals surface area contributed by atoms with Crippen LogP contribution < -0.4 is 11.1 Å². The third kappa shape index (κ3) is 3.74. The number of nitrogens with one attached hydrogen (secondary N) is 1. The molecule has 1 amide bonds. The van der Waals surface area contributed by atoms with Crippen LogP contribution in [-0.2, 0) is 10.3 Å². The highest BCUT2D eigenvalue weighted by molar-refractivity contribution is 6.02. The number of nitrogens with zero attached hydrogens (tertiary/aromatic N) is 3. The van der Waals surface area contributed by atoms with E-state index in [1.165, 1.54) is 37.4 Å². The summed E-state index contributed by atoms with van der Waals surface area (Å²) in [6.45, 7) is 1.30. The number of carbonyl (C=O) groups is 1. The first-order valence-electron chi connectivity index (χ1n) is 9.91. The number of anilines is 1. The summed E-state index contributed by atoms with van der Waals surface area (Å²) in [5.74, 6) is 1.18. The second kappa shape index (κ2) is 7.82. The molecule has 1 aromatic heterocycles. The van der Waals surface area contributed by atoms with Crippen molar-refractivity contribution in [1.29, 1.82) is 5.26 Å². The second-order valence-corrected chi connectivity index (χ2v) is 8.01. The molecular formula is C23H18F3N5O2. The van der Waals surface area contributed by atoms with E-state index in [0.717, 1.165) is 6.07 Å². The number of carbonyl (C=O) groups excluding carboxylic acids is 1. The Hall–Kier alpha value is -4.05. The summed E-state index contributed by atoms with van der Waals surface area (Å²) in [5, 5.41) is 11.5. The molecule has 1 atom stereocenters. The minimum absolute atomic E-state index is 0.0337. The Morgan fingerprint density at radius 1 is 1.27 bits per heavy atom. The van der Waals surface area contributed by atoms with Gasteiger partial charge in [-0.2, -0.15) is 5.26 Å². The highest BCUT2D eigenvalue weighted by Crippen LogP contribution is 2.63. The molecule has 2 heterocycles. The number of pyridine rings is 1. The van der Waals surface area contributed by atoms with Gasteiger partial charge in [0.25, 0.3) is 11.9 Å². The fourth-order valence-corrected chi connectivity index (χ4v) is 4.35. The van der Waals surface area contributed by atoms with Crippen molar-refractivity contribution < 1.29 is 22.7 Å². The average molecular weight is 453 g/mol. The number of amidine groups is 1. The van der Waals surface area contributed by atoms with Crippen LogP contribution in [0.5, 0.6) is 0 Å². The number of benzene rings is 1. The van der Waals surface area contributed by atoms with Crippen LogP contribution in [0.3, 0.4) is 0 Å². The molecule has 3 N–H and O–H groups in total. The van der Waals surface area contributed by atoms with Crippen molar-refractivity contribution in [3.63, 3.8) is 0 Å². The lowest BCUT2D eigenvalue weighted by molar-refractivity contribution is -0.200. The SMILES string of the molecule is CC#C[C@]1(c2cc(NC(=O)c3ccc(C#N)cn3)ccc2F)N=C(N)OCC12CC(F)(F)C2. The second-order valence-electron chi connectivity index (χ2n) is 8.01. The lowest BCUT2D eigenvalue weighted by atomic mass is 9.53. The Balaban J connectivity index is 1.76. The van der Waals surface area contributed by atoms with Gasteiger partial charge in [-0.25, -0.2) is 23.1 Å². The summed E-state index contributed by atoms with van der Waals surface area (Å²) < 4.78 is 48.4. The van der Waals surface area contributed by atoms with Crippen LogP contribution in [-0.4, -0.2) is 29.4 Å². The first-order valence-corrected chi connectivity index (χ1v) is 9.91. The van der Waals surface area contributed by atoms with Gasteiger partial charge in [-0.3, -0.25) is 4.79 Å². The summed E-state index contributed by atoms with van der Waals surface area (Å²) in [6.07, 6.45) is 0.0458. The Kier molecular flexibility index (Phi) is 5.25. The summed E-state index contributed by atoms with van der Waals surface area (Å²) in [7, 11) is 0. The van der Waals surface area contributed by atoms with Crippen LogP contribution in [0.4, 0.5) is 18.9 Å². The van der Waals surface area contributed by atoms with Crippen LogP contribution in [0.1, 0.15) is 41.4 Å². The summed E-state index contributed by atoms with van der Waals surface area (Å²) in [5.41, 5.74) is 3.16. The van der Waals surface area contributed by atoms with Crippen molar-refractivity contribution in [2.45, 2.75) is 31.2 Å². The van der Waals surface area contributed by atoms with E-state index in [0.29, 0.717) is 0 Å². The van der Waals surface area contributed by atoms with Gasteiger partial charge in [0, 0.05) is 30.3 Å². The molecule has 1 spiro atoms. The molecule has 7 nitrogen and oxygen atoms in total. The van der Waals surface area contributed by atoms with E-state index >= 15 is 4.39 Å². The summed E-state index contributed by atoms with van der Waals surface area (Å²) >= 11 is 0. The number of amides is 1. The minimum atomic E-state index is -2.96. The van der Waals surface area contributed by atoms with E-state index in [4.69, 9.17) is 15.7 Å². The number of aromatic nitrogens is 1. The van der Waals surface area contributed by atoms with Crippen molar-refractivity contribution >= 4 is 17.6 Å². The zero-order valence-electron chi connectivity index (χ0n) is 17.5. The first kappa shape index (κ1) is 22.2. The topological polar surface area (TPSA) is 113 Å². The van der Waals surface area contributed by atoms with E-state index in [2.05, 4.69) is 27.1 Å². The number of rotatable bonds is 3. The Morgan fingerprint density at radius 2 is 2.03 bits per heavy atom. The molecule has 0 saturated heterocycles. The number of hydrogen-bond acceptors (Lipinski definition) is 6. The van der Waals surface area contributed by atoms with Gasteiger partial charge in [-0.1, -0.05) is 5.92 Å². The normalized spacial score (nSPS) is 22.0. The van der Waals surface area contributed by atoms with Crippen molar-refractivity contribution in [3.8, 4) is 17.9 Å². The molecule has 0 radical (unpaired) electrons. The Morgan fingerprint density at radius 3 is 2.64 bits per heavy atom. The molecule has 2 aromatic rings. The number of nitriles is 1. The van der Waals surface area contributed by atoms with Gasteiger partial charge in [0.15, 0.2) is 5.54 Å². The Labute approximate surface area is 187 Å². The zero-order valence-corrected chi connectivity index (χ0v) is 17.5. The lowest BCUT2D eigenvalue weighted by Gasteiger charge is -2.56. The molecule has 168 valence electrons. The highest BCUT2D eigenvalue weighted by Gasteiger charge is 2.69. The molecule has 4 rings (SSSR count). The lowest BCUT2D eigenvalue weighted by Crippen LogP contribution is -2.62. The Bertz CT molecular complexity index is 1250. The molecule has 1 fully saturated rings. The maximum absolute atomic E-state index is 15.1. The molecule has 1 aliphatic heterocycles. The predicted octanol–water partition coefficient (Wildman–Crippen LogP) is 3.32. The van der Waals surface area contributed by atoms with Gasteiger partial charge < -0.3 is 15.8 Å². The molecule has 1 aliphatic carbocycles.